The summed E-state index contributed by atoms with van der Waals surface area (Å²) in [5.74, 6) is 0.281. The number of aryl methyl sites for hydroxylation is 1. The molecule has 0 fully saturated rings. The highest BCUT2D eigenvalue weighted by Gasteiger charge is 2.34. The minimum atomic E-state index is -4.43. The molecule has 2 N–H and O–H groups in total. The van der Waals surface area contributed by atoms with Crippen molar-refractivity contribution in [3.05, 3.63) is 41.7 Å². The number of benzene rings is 1. The van der Waals surface area contributed by atoms with Crippen LogP contribution in [-0.2, 0) is 13.2 Å². The van der Waals surface area contributed by atoms with Gasteiger partial charge in [0.25, 0.3) is 0 Å². The van der Waals surface area contributed by atoms with E-state index in [1.807, 2.05) is 6.92 Å². The Balaban J connectivity index is 2.39. The zero-order chi connectivity index (χ0) is 14.2. The Morgan fingerprint density at radius 2 is 1.79 bits per heavy atom. The summed E-state index contributed by atoms with van der Waals surface area (Å²) in [6.07, 6.45) is -3.45. The highest BCUT2D eigenvalue weighted by Crippen LogP contribution is 2.30. The number of nitrogens with two attached hydrogens (primary N) is 1. The third-order valence-corrected chi connectivity index (χ3v) is 2.86. The molecule has 0 unspecified atom stereocenters. The predicted molar refractivity (Wildman–Crippen MR) is 66.2 cm³/mol. The fourth-order valence-corrected chi connectivity index (χ4v) is 1.81. The molecule has 1 aromatic carbocycles. The van der Waals surface area contributed by atoms with Crippen LogP contribution in [0.1, 0.15) is 24.2 Å². The SMILES string of the molecule is C[C@H](N)c1ccc(-c2nc(C(F)(F)F)cn2C)cc1. The van der Waals surface area contributed by atoms with Crippen molar-refractivity contribution in [3.8, 4) is 11.4 Å². The average molecular weight is 269 g/mol. The maximum atomic E-state index is 12.6. The number of imidazole rings is 1. The lowest BCUT2D eigenvalue weighted by Crippen LogP contribution is -2.05. The van der Waals surface area contributed by atoms with E-state index in [0.29, 0.717) is 5.56 Å². The average Bonchev–Trinajstić information content (AvgIpc) is 2.71. The second kappa shape index (κ2) is 4.70. The van der Waals surface area contributed by atoms with Gasteiger partial charge in [0.15, 0.2) is 5.69 Å². The lowest BCUT2D eigenvalue weighted by molar-refractivity contribution is -0.140. The second-order valence-corrected chi connectivity index (χ2v) is 4.47. The lowest BCUT2D eigenvalue weighted by atomic mass is 10.1. The van der Waals surface area contributed by atoms with E-state index in [4.69, 9.17) is 5.73 Å². The summed E-state index contributed by atoms with van der Waals surface area (Å²) in [5.41, 5.74) is 6.39. The third kappa shape index (κ3) is 2.78. The van der Waals surface area contributed by atoms with Crippen LogP contribution in [0.5, 0.6) is 0 Å². The molecular formula is C13H14F3N3. The minimum Gasteiger partial charge on any atom is -0.333 e. The summed E-state index contributed by atoms with van der Waals surface area (Å²) in [4.78, 5) is 3.63. The molecule has 2 rings (SSSR count). The lowest BCUT2D eigenvalue weighted by Gasteiger charge is -2.07. The van der Waals surface area contributed by atoms with Gasteiger partial charge in [-0.2, -0.15) is 13.2 Å². The molecular weight excluding hydrogens is 255 g/mol. The molecule has 2 aromatic rings. The number of aromatic nitrogens is 2. The van der Waals surface area contributed by atoms with Crippen molar-refractivity contribution in [1.29, 1.82) is 0 Å². The zero-order valence-corrected chi connectivity index (χ0v) is 10.6. The van der Waals surface area contributed by atoms with Gasteiger partial charge in [0.05, 0.1) is 0 Å². The van der Waals surface area contributed by atoms with Gasteiger partial charge < -0.3 is 10.3 Å². The van der Waals surface area contributed by atoms with E-state index in [-0.39, 0.29) is 11.9 Å². The fourth-order valence-electron chi connectivity index (χ4n) is 1.81. The molecule has 0 aliphatic carbocycles. The molecule has 1 heterocycles. The normalized spacial score (nSPS) is 13.6. The van der Waals surface area contributed by atoms with Gasteiger partial charge >= 0.3 is 6.18 Å². The van der Waals surface area contributed by atoms with E-state index in [1.165, 1.54) is 11.6 Å². The molecule has 19 heavy (non-hydrogen) atoms. The molecule has 0 aliphatic heterocycles. The van der Waals surface area contributed by atoms with Gasteiger partial charge in [-0.05, 0) is 12.5 Å². The Kier molecular flexibility index (Phi) is 3.36. The first-order valence-electron chi connectivity index (χ1n) is 5.75. The van der Waals surface area contributed by atoms with Crippen molar-refractivity contribution in [2.75, 3.05) is 0 Å². The van der Waals surface area contributed by atoms with Gasteiger partial charge in [0.1, 0.15) is 5.82 Å². The maximum absolute atomic E-state index is 12.6. The zero-order valence-electron chi connectivity index (χ0n) is 10.6. The molecule has 1 aromatic heterocycles. The summed E-state index contributed by atoms with van der Waals surface area (Å²) >= 11 is 0. The van der Waals surface area contributed by atoms with Crippen molar-refractivity contribution in [2.24, 2.45) is 12.8 Å². The topological polar surface area (TPSA) is 43.8 Å². The Morgan fingerprint density at radius 1 is 1.21 bits per heavy atom. The summed E-state index contributed by atoms with van der Waals surface area (Å²) in [5, 5.41) is 0. The van der Waals surface area contributed by atoms with Crippen LogP contribution < -0.4 is 5.73 Å². The summed E-state index contributed by atoms with van der Waals surface area (Å²) in [7, 11) is 1.54. The van der Waals surface area contributed by atoms with E-state index < -0.39 is 11.9 Å². The van der Waals surface area contributed by atoms with Crippen LogP contribution in [0.15, 0.2) is 30.5 Å². The Bertz CT molecular complexity index is 568. The van der Waals surface area contributed by atoms with Crippen LogP contribution in [0.25, 0.3) is 11.4 Å². The van der Waals surface area contributed by atoms with E-state index >= 15 is 0 Å². The van der Waals surface area contributed by atoms with E-state index in [1.54, 1.807) is 24.3 Å². The molecule has 0 spiro atoms. The van der Waals surface area contributed by atoms with Gasteiger partial charge in [-0.3, -0.25) is 0 Å². The molecule has 0 radical (unpaired) electrons. The van der Waals surface area contributed by atoms with Gasteiger partial charge in [0.2, 0.25) is 0 Å². The second-order valence-electron chi connectivity index (χ2n) is 4.47. The van der Waals surface area contributed by atoms with Crippen molar-refractivity contribution in [1.82, 2.24) is 9.55 Å². The van der Waals surface area contributed by atoms with Crippen LogP contribution in [0.2, 0.25) is 0 Å². The first-order valence-corrected chi connectivity index (χ1v) is 5.75. The molecule has 6 heteroatoms. The highest BCUT2D eigenvalue weighted by molar-refractivity contribution is 5.56. The monoisotopic (exact) mass is 269 g/mol. The number of halogens is 3. The standard InChI is InChI=1S/C13H14F3N3/c1-8(17)9-3-5-10(6-4-9)12-18-11(7-19(12)2)13(14,15)16/h3-8H,17H2,1-2H3/t8-/m0/s1. The first-order chi connectivity index (χ1) is 8.79. The first kappa shape index (κ1) is 13.6. The molecule has 0 bridgehead atoms. The number of alkyl halides is 3. The fraction of sp³-hybridized carbons (Fsp3) is 0.308. The highest BCUT2D eigenvalue weighted by atomic mass is 19.4. The predicted octanol–water partition coefficient (Wildman–Crippen LogP) is 3.13. The Morgan fingerprint density at radius 3 is 2.21 bits per heavy atom. The van der Waals surface area contributed by atoms with Crippen molar-refractivity contribution in [3.63, 3.8) is 0 Å². The largest absolute Gasteiger partial charge is 0.434 e. The van der Waals surface area contributed by atoms with E-state index in [9.17, 15) is 13.2 Å². The smallest absolute Gasteiger partial charge is 0.333 e. The molecule has 102 valence electrons. The molecule has 0 amide bonds. The van der Waals surface area contributed by atoms with Crippen LogP contribution >= 0.6 is 0 Å². The third-order valence-electron chi connectivity index (χ3n) is 2.86. The van der Waals surface area contributed by atoms with E-state index in [0.717, 1.165) is 11.8 Å². The van der Waals surface area contributed by atoms with Gasteiger partial charge in [-0.25, -0.2) is 4.98 Å². The van der Waals surface area contributed by atoms with Crippen LogP contribution in [0, 0.1) is 0 Å². The van der Waals surface area contributed by atoms with Gasteiger partial charge in [-0.1, -0.05) is 24.3 Å². The van der Waals surface area contributed by atoms with Gasteiger partial charge in [0, 0.05) is 24.8 Å². The van der Waals surface area contributed by atoms with Crippen molar-refractivity contribution < 1.29 is 13.2 Å². The van der Waals surface area contributed by atoms with Crippen LogP contribution in [0.4, 0.5) is 13.2 Å². The molecule has 0 saturated heterocycles. The Labute approximate surface area is 108 Å². The van der Waals surface area contributed by atoms with Crippen LogP contribution in [-0.4, -0.2) is 9.55 Å². The van der Waals surface area contributed by atoms with E-state index in [2.05, 4.69) is 4.98 Å². The van der Waals surface area contributed by atoms with Crippen LogP contribution in [0.3, 0.4) is 0 Å². The minimum absolute atomic E-state index is 0.110. The number of hydrogen-bond donors (Lipinski definition) is 1. The number of nitrogens with zero attached hydrogens (tertiary/aromatic N) is 2. The quantitative estimate of drug-likeness (QED) is 0.910. The molecule has 1 atom stereocenters. The summed E-state index contributed by atoms with van der Waals surface area (Å²) in [6, 6.07) is 6.92. The molecule has 0 saturated carbocycles. The number of rotatable bonds is 2. The summed E-state index contributed by atoms with van der Waals surface area (Å²) < 4.78 is 39.1. The van der Waals surface area contributed by atoms with Crippen molar-refractivity contribution >= 4 is 0 Å². The van der Waals surface area contributed by atoms with Crippen molar-refractivity contribution in [2.45, 2.75) is 19.1 Å². The maximum Gasteiger partial charge on any atom is 0.434 e. The Hall–Kier alpha value is -1.82. The number of hydrogen-bond acceptors (Lipinski definition) is 2. The van der Waals surface area contributed by atoms with Gasteiger partial charge in [-0.15, -0.1) is 0 Å². The molecule has 0 aliphatic rings. The summed E-state index contributed by atoms with van der Waals surface area (Å²) in [6.45, 7) is 1.84. The molecule has 3 nitrogen and oxygen atoms in total.